The topological polar surface area (TPSA) is 55.1 Å². The van der Waals surface area contributed by atoms with Gasteiger partial charge in [0.2, 0.25) is 0 Å². The Morgan fingerprint density at radius 2 is 1.96 bits per heavy atom. The summed E-state index contributed by atoms with van der Waals surface area (Å²) in [5.74, 6) is -0.628. The lowest BCUT2D eigenvalue weighted by Gasteiger charge is -2.22. The normalized spacial score (nSPS) is 13.0. The van der Waals surface area contributed by atoms with Gasteiger partial charge < -0.3 is 5.11 Å². The van der Waals surface area contributed by atoms with E-state index in [0.29, 0.717) is 51.4 Å². The Balaban J connectivity index is 2.57. The molecule has 1 aromatic carbocycles. The number of carboxylic acids is 1. The molecule has 0 bridgehead atoms. The van der Waals surface area contributed by atoms with Crippen molar-refractivity contribution in [1.82, 2.24) is 9.78 Å². The first kappa shape index (κ1) is 21.8. The van der Waals surface area contributed by atoms with E-state index in [-0.39, 0.29) is 5.41 Å². The number of benzene rings is 1. The van der Waals surface area contributed by atoms with Crippen LogP contribution in [0.25, 0.3) is 5.69 Å². The minimum atomic E-state index is -0.944. The molecule has 1 heterocycles. The van der Waals surface area contributed by atoms with E-state index < -0.39 is 5.97 Å². The third kappa shape index (κ3) is 5.49. The monoisotopic (exact) mass is 410 g/mol. The number of halogens is 2. The quantitative estimate of drug-likeness (QED) is 0.570. The van der Waals surface area contributed by atoms with Gasteiger partial charge in [-0.1, -0.05) is 64.2 Å². The number of aromatic carboxylic acids is 1. The Labute approximate surface area is 171 Å². The maximum Gasteiger partial charge on any atom is 0.339 e. The lowest BCUT2D eigenvalue weighted by molar-refractivity contribution is 0.0694. The van der Waals surface area contributed by atoms with Crippen molar-refractivity contribution < 1.29 is 9.90 Å². The number of carboxylic acid groups (broad SMARTS) is 1. The molecule has 0 saturated heterocycles. The van der Waals surface area contributed by atoms with Gasteiger partial charge in [-0.2, -0.15) is 5.10 Å². The Morgan fingerprint density at radius 3 is 2.52 bits per heavy atom. The van der Waals surface area contributed by atoms with Gasteiger partial charge in [0.05, 0.1) is 22.1 Å². The second-order valence-electron chi connectivity index (χ2n) is 8.41. The van der Waals surface area contributed by atoms with E-state index in [1.54, 1.807) is 22.9 Å². The summed E-state index contributed by atoms with van der Waals surface area (Å²) in [6.07, 6.45) is 3.01. The summed E-state index contributed by atoms with van der Waals surface area (Å²) in [4.78, 5) is 12.1. The number of hydrogen-bond acceptors (Lipinski definition) is 2. The zero-order valence-corrected chi connectivity index (χ0v) is 18.2. The molecule has 1 unspecified atom stereocenters. The first-order chi connectivity index (χ1) is 12.5. The standard InChI is InChI=1S/C21H28Cl2N2O2/c1-6-7-17-19(20(26)27)16(10-13(2)12-21(3,4)5)24-25(17)18-11-14(22)8-9-15(18)23/h8-9,11,13H,6-7,10,12H2,1-5H3,(H,26,27). The van der Waals surface area contributed by atoms with E-state index in [1.807, 2.05) is 6.92 Å². The second-order valence-corrected chi connectivity index (χ2v) is 9.25. The van der Waals surface area contributed by atoms with Crippen LogP contribution in [-0.4, -0.2) is 20.9 Å². The third-order valence-corrected chi connectivity index (χ3v) is 4.95. The maximum absolute atomic E-state index is 12.1. The second kappa shape index (κ2) is 8.66. The van der Waals surface area contributed by atoms with Gasteiger partial charge in [-0.25, -0.2) is 9.48 Å². The highest BCUT2D eigenvalue weighted by Gasteiger charge is 2.26. The van der Waals surface area contributed by atoms with E-state index in [4.69, 9.17) is 23.2 Å². The van der Waals surface area contributed by atoms with E-state index >= 15 is 0 Å². The van der Waals surface area contributed by atoms with Crippen LogP contribution in [0.15, 0.2) is 18.2 Å². The third-order valence-electron chi connectivity index (χ3n) is 4.39. The summed E-state index contributed by atoms with van der Waals surface area (Å²) in [6.45, 7) is 10.7. The van der Waals surface area contributed by atoms with Crippen LogP contribution in [0.1, 0.15) is 69.2 Å². The Hall–Kier alpha value is -1.52. The molecule has 2 rings (SSSR count). The average Bonchev–Trinajstić information content (AvgIpc) is 2.86. The van der Waals surface area contributed by atoms with E-state index in [0.717, 1.165) is 12.8 Å². The highest BCUT2D eigenvalue weighted by Crippen LogP contribution is 2.31. The fraction of sp³-hybridized carbons (Fsp3) is 0.524. The van der Waals surface area contributed by atoms with Crippen molar-refractivity contribution in [2.45, 2.75) is 60.3 Å². The highest BCUT2D eigenvalue weighted by atomic mass is 35.5. The van der Waals surface area contributed by atoms with Crippen molar-refractivity contribution in [1.29, 1.82) is 0 Å². The predicted molar refractivity (Wildman–Crippen MR) is 111 cm³/mol. The van der Waals surface area contributed by atoms with Crippen molar-refractivity contribution in [3.63, 3.8) is 0 Å². The van der Waals surface area contributed by atoms with Crippen LogP contribution in [0, 0.1) is 11.3 Å². The summed E-state index contributed by atoms with van der Waals surface area (Å²) in [5.41, 5.74) is 2.37. The smallest absolute Gasteiger partial charge is 0.339 e. The van der Waals surface area contributed by atoms with Crippen molar-refractivity contribution in [3.05, 3.63) is 45.2 Å². The summed E-state index contributed by atoms with van der Waals surface area (Å²) in [5, 5.41) is 15.6. The number of rotatable bonds is 7. The van der Waals surface area contributed by atoms with Crippen LogP contribution >= 0.6 is 23.2 Å². The number of hydrogen-bond donors (Lipinski definition) is 1. The van der Waals surface area contributed by atoms with Crippen molar-refractivity contribution in [2.75, 3.05) is 0 Å². The Kier molecular flexibility index (Phi) is 6.98. The molecule has 6 heteroatoms. The molecule has 148 valence electrons. The number of nitrogens with zero attached hydrogens (tertiary/aromatic N) is 2. The van der Waals surface area contributed by atoms with Gasteiger partial charge in [-0.05, 0) is 48.8 Å². The van der Waals surface area contributed by atoms with Gasteiger partial charge in [0.25, 0.3) is 0 Å². The number of aromatic nitrogens is 2. The molecule has 27 heavy (non-hydrogen) atoms. The molecule has 1 N–H and O–H groups in total. The molecule has 0 amide bonds. The van der Waals surface area contributed by atoms with E-state index in [9.17, 15) is 9.90 Å². The van der Waals surface area contributed by atoms with Crippen molar-refractivity contribution in [3.8, 4) is 5.69 Å². The number of carbonyl (C=O) groups is 1. The van der Waals surface area contributed by atoms with Crippen molar-refractivity contribution in [2.24, 2.45) is 11.3 Å². The SMILES string of the molecule is CCCc1c(C(=O)O)c(CC(C)CC(C)(C)C)nn1-c1cc(Cl)ccc1Cl. The molecule has 2 aromatic rings. The van der Waals surface area contributed by atoms with Crippen LogP contribution in [0.5, 0.6) is 0 Å². The highest BCUT2D eigenvalue weighted by molar-refractivity contribution is 6.34. The molecular formula is C21H28Cl2N2O2. The molecule has 1 aromatic heterocycles. The van der Waals surface area contributed by atoms with Gasteiger partial charge in [0.1, 0.15) is 5.56 Å². The van der Waals surface area contributed by atoms with Crippen molar-refractivity contribution >= 4 is 29.2 Å². The lowest BCUT2D eigenvalue weighted by Crippen LogP contribution is -2.14. The molecule has 1 atom stereocenters. The van der Waals surface area contributed by atoms with E-state index in [1.165, 1.54) is 0 Å². The minimum absolute atomic E-state index is 0.174. The molecule has 4 nitrogen and oxygen atoms in total. The van der Waals surface area contributed by atoms with Gasteiger partial charge in [0.15, 0.2) is 0 Å². The fourth-order valence-electron chi connectivity index (χ4n) is 3.66. The van der Waals surface area contributed by atoms with Gasteiger partial charge >= 0.3 is 5.97 Å². The zero-order valence-electron chi connectivity index (χ0n) is 16.6. The van der Waals surface area contributed by atoms with Crippen LogP contribution in [0.2, 0.25) is 10.0 Å². The zero-order chi connectivity index (χ0) is 20.4. The summed E-state index contributed by atoms with van der Waals surface area (Å²) >= 11 is 12.5. The molecule has 0 radical (unpaired) electrons. The summed E-state index contributed by atoms with van der Waals surface area (Å²) in [6, 6.07) is 5.14. The first-order valence-corrected chi connectivity index (χ1v) is 10.1. The Morgan fingerprint density at radius 1 is 1.30 bits per heavy atom. The molecule has 0 aliphatic rings. The fourth-order valence-corrected chi connectivity index (χ4v) is 4.02. The minimum Gasteiger partial charge on any atom is -0.478 e. The maximum atomic E-state index is 12.1. The predicted octanol–water partition coefficient (Wildman–Crippen LogP) is 6.44. The van der Waals surface area contributed by atoms with Gasteiger partial charge in [-0.3, -0.25) is 0 Å². The molecule has 0 aliphatic heterocycles. The van der Waals surface area contributed by atoms with Gasteiger partial charge in [0, 0.05) is 5.02 Å². The molecule has 0 spiro atoms. The summed E-state index contributed by atoms with van der Waals surface area (Å²) < 4.78 is 1.67. The van der Waals surface area contributed by atoms with Crippen LogP contribution in [-0.2, 0) is 12.8 Å². The average molecular weight is 411 g/mol. The lowest BCUT2D eigenvalue weighted by atomic mass is 9.83. The Bertz CT molecular complexity index is 822. The first-order valence-electron chi connectivity index (χ1n) is 9.33. The van der Waals surface area contributed by atoms with Crippen LogP contribution in [0.4, 0.5) is 0 Å². The molecule has 0 fully saturated rings. The van der Waals surface area contributed by atoms with Crippen LogP contribution < -0.4 is 0 Å². The summed E-state index contributed by atoms with van der Waals surface area (Å²) in [7, 11) is 0. The largest absolute Gasteiger partial charge is 0.478 e. The molecular weight excluding hydrogens is 383 g/mol. The molecule has 0 aliphatic carbocycles. The van der Waals surface area contributed by atoms with Gasteiger partial charge in [-0.15, -0.1) is 0 Å². The van der Waals surface area contributed by atoms with E-state index in [2.05, 4.69) is 32.8 Å². The van der Waals surface area contributed by atoms with Crippen LogP contribution in [0.3, 0.4) is 0 Å². The molecule has 0 saturated carbocycles.